The number of H-pyrrole nitrogens is 1. The van der Waals surface area contributed by atoms with Crippen molar-refractivity contribution in [2.75, 3.05) is 0 Å². The highest BCUT2D eigenvalue weighted by molar-refractivity contribution is 7.71. The molecule has 48 valence electrons. The molecule has 0 aliphatic rings. The Bertz CT molecular complexity index is 247. The van der Waals surface area contributed by atoms with Gasteiger partial charge in [-0.05, 0) is 17.4 Å². The zero-order valence-electron chi connectivity index (χ0n) is 4.74. The Labute approximate surface area is 57.2 Å². The van der Waals surface area contributed by atoms with Gasteiger partial charge in [-0.2, -0.15) is 4.80 Å². The Balaban J connectivity index is 2.84. The van der Waals surface area contributed by atoms with E-state index in [1.165, 1.54) is 4.80 Å². The summed E-state index contributed by atoms with van der Waals surface area (Å²) >= 11 is 4.66. The SMILES string of the molecule is C=CCn1nnc(=S)[nH]1. The zero-order valence-corrected chi connectivity index (χ0v) is 5.56. The van der Waals surface area contributed by atoms with E-state index in [0.717, 1.165) is 0 Å². The Morgan fingerprint density at radius 3 is 3.11 bits per heavy atom. The minimum atomic E-state index is 0.400. The minimum absolute atomic E-state index is 0.400. The molecule has 0 saturated heterocycles. The summed E-state index contributed by atoms with van der Waals surface area (Å²) in [4.78, 5) is 1.51. The minimum Gasteiger partial charge on any atom is -0.253 e. The van der Waals surface area contributed by atoms with Crippen molar-refractivity contribution in [3.8, 4) is 0 Å². The molecule has 0 aliphatic carbocycles. The van der Waals surface area contributed by atoms with Crippen LogP contribution in [0.1, 0.15) is 0 Å². The number of hydrogen-bond donors (Lipinski definition) is 1. The monoisotopic (exact) mass is 142 g/mol. The fraction of sp³-hybridized carbons (Fsp3) is 0.250. The average Bonchev–Trinajstić information content (AvgIpc) is 2.17. The molecule has 1 aromatic rings. The van der Waals surface area contributed by atoms with Crippen molar-refractivity contribution in [3.63, 3.8) is 0 Å². The second-order valence-corrected chi connectivity index (χ2v) is 1.86. The van der Waals surface area contributed by atoms with E-state index in [9.17, 15) is 0 Å². The predicted molar refractivity (Wildman–Crippen MR) is 35.4 cm³/mol. The van der Waals surface area contributed by atoms with Gasteiger partial charge in [0.1, 0.15) is 0 Å². The van der Waals surface area contributed by atoms with Crippen molar-refractivity contribution in [1.29, 1.82) is 0 Å². The average molecular weight is 142 g/mol. The van der Waals surface area contributed by atoms with E-state index >= 15 is 0 Å². The molecular weight excluding hydrogens is 136 g/mol. The number of nitrogens with one attached hydrogen (secondary N) is 1. The summed E-state index contributed by atoms with van der Waals surface area (Å²) in [5.41, 5.74) is 0. The van der Waals surface area contributed by atoms with E-state index in [-0.39, 0.29) is 0 Å². The maximum atomic E-state index is 4.66. The molecule has 1 N–H and O–H groups in total. The first-order chi connectivity index (χ1) is 4.33. The molecule has 0 amide bonds. The standard InChI is InChI=1S/C4H6N4S/c1-2-3-8-6-4(9)5-7-8/h2H,1,3H2,(H,6,9). The van der Waals surface area contributed by atoms with Gasteiger partial charge in [0, 0.05) is 0 Å². The van der Waals surface area contributed by atoms with Crippen LogP contribution in [0.4, 0.5) is 0 Å². The quantitative estimate of drug-likeness (QED) is 0.483. The fourth-order valence-corrected chi connectivity index (χ4v) is 0.596. The van der Waals surface area contributed by atoms with Gasteiger partial charge in [0.15, 0.2) is 0 Å². The van der Waals surface area contributed by atoms with Crippen molar-refractivity contribution >= 4 is 12.2 Å². The van der Waals surface area contributed by atoms with Crippen LogP contribution in [0, 0.1) is 4.77 Å². The van der Waals surface area contributed by atoms with E-state index in [0.29, 0.717) is 11.3 Å². The summed E-state index contributed by atoms with van der Waals surface area (Å²) < 4.78 is 0.400. The van der Waals surface area contributed by atoms with Crippen LogP contribution in [0.2, 0.25) is 0 Å². The highest BCUT2D eigenvalue weighted by atomic mass is 32.1. The van der Waals surface area contributed by atoms with Crippen LogP contribution in [0.3, 0.4) is 0 Å². The van der Waals surface area contributed by atoms with Gasteiger partial charge in [0.2, 0.25) is 4.77 Å². The van der Waals surface area contributed by atoms with Crippen LogP contribution in [-0.2, 0) is 6.54 Å². The number of nitrogens with zero attached hydrogens (tertiary/aromatic N) is 3. The summed E-state index contributed by atoms with van der Waals surface area (Å²) in [6.07, 6.45) is 1.71. The molecule has 0 atom stereocenters. The van der Waals surface area contributed by atoms with Gasteiger partial charge in [-0.3, -0.25) is 5.10 Å². The van der Waals surface area contributed by atoms with Crippen molar-refractivity contribution in [2.45, 2.75) is 6.54 Å². The third-order valence-electron chi connectivity index (χ3n) is 0.770. The number of aromatic nitrogens is 4. The Morgan fingerprint density at radius 2 is 2.67 bits per heavy atom. The van der Waals surface area contributed by atoms with E-state index in [1.807, 2.05) is 0 Å². The van der Waals surface area contributed by atoms with Gasteiger partial charge < -0.3 is 0 Å². The molecule has 0 aromatic carbocycles. The predicted octanol–water partition coefficient (Wildman–Crippen LogP) is 0.522. The maximum Gasteiger partial charge on any atom is 0.235 e. The number of tetrazole rings is 1. The highest BCUT2D eigenvalue weighted by Gasteiger charge is 1.85. The summed E-state index contributed by atoms with van der Waals surface area (Å²) in [5.74, 6) is 0. The Kier molecular flexibility index (Phi) is 1.74. The molecule has 1 rings (SSSR count). The third-order valence-corrected chi connectivity index (χ3v) is 0.943. The zero-order chi connectivity index (χ0) is 6.69. The molecule has 0 bridgehead atoms. The molecule has 1 aromatic heterocycles. The van der Waals surface area contributed by atoms with Crippen molar-refractivity contribution in [1.82, 2.24) is 20.2 Å². The first kappa shape index (κ1) is 6.15. The van der Waals surface area contributed by atoms with E-state index in [4.69, 9.17) is 0 Å². The van der Waals surface area contributed by atoms with Crippen LogP contribution < -0.4 is 0 Å². The van der Waals surface area contributed by atoms with Gasteiger partial charge in [-0.15, -0.1) is 6.58 Å². The smallest absolute Gasteiger partial charge is 0.235 e. The lowest BCUT2D eigenvalue weighted by atomic mass is 10.7. The molecule has 0 fully saturated rings. The van der Waals surface area contributed by atoms with Gasteiger partial charge in [0.05, 0.1) is 6.54 Å². The largest absolute Gasteiger partial charge is 0.253 e. The second kappa shape index (κ2) is 2.54. The molecule has 5 heteroatoms. The lowest BCUT2D eigenvalue weighted by Crippen LogP contribution is -1.98. The highest BCUT2D eigenvalue weighted by Crippen LogP contribution is 1.76. The second-order valence-electron chi connectivity index (χ2n) is 1.48. The molecule has 1 heterocycles. The van der Waals surface area contributed by atoms with Gasteiger partial charge >= 0.3 is 0 Å². The summed E-state index contributed by atoms with van der Waals surface area (Å²) in [6, 6.07) is 0. The summed E-state index contributed by atoms with van der Waals surface area (Å²) in [5, 5.41) is 9.92. The van der Waals surface area contributed by atoms with Gasteiger partial charge in [0.25, 0.3) is 0 Å². The number of aromatic amines is 1. The Hall–Kier alpha value is -0.970. The van der Waals surface area contributed by atoms with E-state index in [1.54, 1.807) is 6.08 Å². The van der Waals surface area contributed by atoms with Crippen molar-refractivity contribution < 1.29 is 0 Å². The first-order valence-corrected chi connectivity index (χ1v) is 2.84. The molecular formula is C4H6N4S. The Morgan fingerprint density at radius 1 is 1.89 bits per heavy atom. The summed E-state index contributed by atoms with van der Waals surface area (Å²) in [6.45, 7) is 4.14. The molecule has 0 aliphatic heterocycles. The molecule has 9 heavy (non-hydrogen) atoms. The number of allylic oxidation sites excluding steroid dienone is 1. The van der Waals surface area contributed by atoms with E-state index < -0.39 is 0 Å². The number of rotatable bonds is 2. The molecule has 4 nitrogen and oxygen atoms in total. The van der Waals surface area contributed by atoms with E-state index in [2.05, 4.69) is 34.2 Å². The molecule has 0 saturated carbocycles. The van der Waals surface area contributed by atoms with Crippen molar-refractivity contribution in [2.24, 2.45) is 0 Å². The maximum absolute atomic E-state index is 4.66. The van der Waals surface area contributed by atoms with Gasteiger partial charge in [-0.25, -0.2) is 0 Å². The van der Waals surface area contributed by atoms with Crippen LogP contribution in [0.5, 0.6) is 0 Å². The summed E-state index contributed by atoms with van der Waals surface area (Å²) in [7, 11) is 0. The fourth-order valence-electron chi connectivity index (χ4n) is 0.454. The van der Waals surface area contributed by atoms with Crippen LogP contribution in [0.15, 0.2) is 12.7 Å². The molecule has 0 unspecified atom stereocenters. The lowest BCUT2D eigenvalue weighted by Gasteiger charge is -1.87. The van der Waals surface area contributed by atoms with Crippen molar-refractivity contribution in [3.05, 3.63) is 17.4 Å². The lowest BCUT2D eigenvalue weighted by molar-refractivity contribution is 0.582. The normalized spacial score (nSPS) is 9.33. The van der Waals surface area contributed by atoms with Crippen LogP contribution >= 0.6 is 12.2 Å². The number of hydrogen-bond acceptors (Lipinski definition) is 3. The van der Waals surface area contributed by atoms with Gasteiger partial charge in [-0.1, -0.05) is 11.2 Å². The first-order valence-electron chi connectivity index (χ1n) is 2.43. The molecule has 0 radical (unpaired) electrons. The topological polar surface area (TPSA) is 46.5 Å². The van der Waals surface area contributed by atoms with Crippen LogP contribution in [0.25, 0.3) is 0 Å². The third kappa shape index (κ3) is 1.46. The van der Waals surface area contributed by atoms with Crippen LogP contribution in [-0.4, -0.2) is 20.2 Å². The molecule has 0 spiro atoms.